The number of rotatable bonds is 5. The maximum absolute atomic E-state index is 14.0. The maximum atomic E-state index is 14.0. The lowest BCUT2D eigenvalue weighted by molar-refractivity contribution is -0.118. The third kappa shape index (κ3) is 3.44. The van der Waals surface area contributed by atoms with Crippen molar-refractivity contribution in [1.29, 1.82) is 0 Å². The topological polar surface area (TPSA) is 64.3 Å². The second-order valence-corrected chi connectivity index (χ2v) is 4.75. The monoisotopic (exact) mass is 308 g/mol. The lowest BCUT2D eigenvalue weighted by atomic mass is 10.0. The molecule has 0 radical (unpaired) electrons. The Morgan fingerprint density at radius 2 is 2.05 bits per heavy atom. The average Bonchev–Trinajstić information content (AvgIpc) is 2.46. The van der Waals surface area contributed by atoms with Crippen LogP contribution in [0.1, 0.15) is 11.6 Å². The molecule has 0 aliphatic carbocycles. The molecule has 110 valence electrons. The molecule has 0 saturated heterocycles. The number of anilines is 1. The molecule has 4 nitrogen and oxygen atoms in total. The molecule has 0 saturated carbocycles. The van der Waals surface area contributed by atoms with Crippen LogP contribution in [-0.4, -0.2) is 13.0 Å². The van der Waals surface area contributed by atoms with E-state index in [1.165, 1.54) is 25.3 Å². The quantitative estimate of drug-likeness (QED) is 0.892. The van der Waals surface area contributed by atoms with E-state index in [2.05, 4.69) is 5.32 Å². The van der Waals surface area contributed by atoms with Crippen molar-refractivity contribution >= 4 is 23.2 Å². The smallest absolute Gasteiger partial charge is 0.244 e. The fourth-order valence-corrected chi connectivity index (χ4v) is 2.22. The Labute approximate surface area is 126 Å². The Balaban J connectivity index is 2.38. The van der Waals surface area contributed by atoms with E-state index in [1.54, 1.807) is 24.3 Å². The van der Waals surface area contributed by atoms with E-state index in [0.717, 1.165) is 0 Å². The number of hydrogen-bond acceptors (Lipinski definition) is 3. The van der Waals surface area contributed by atoms with Crippen molar-refractivity contribution in [3.63, 3.8) is 0 Å². The summed E-state index contributed by atoms with van der Waals surface area (Å²) in [5.74, 6) is -0.727. The van der Waals surface area contributed by atoms with E-state index in [1.807, 2.05) is 0 Å². The number of primary amides is 1. The Morgan fingerprint density at radius 3 is 2.67 bits per heavy atom. The van der Waals surface area contributed by atoms with E-state index in [4.69, 9.17) is 22.1 Å². The number of carbonyl (C=O) groups is 1. The lowest BCUT2D eigenvalue weighted by Gasteiger charge is -2.19. The molecular formula is C15H14ClFN2O2. The second kappa shape index (κ2) is 6.45. The highest BCUT2D eigenvalue weighted by Crippen LogP contribution is 2.29. The Bertz CT molecular complexity index is 644. The molecule has 0 fully saturated rings. The summed E-state index contributed by atoms with van der Waals surface area (Å²) in [6, 6.07) is 9.99. The summed E-state index contributed by atoms with van der Waals surface area (Å²) >= 11 is 5.98. The summed E-state index contributed by atoms with van der Waals surface area (Å²) in [4.78, 5) is 11.7. The molecule has 2 aromatic rings. The number of ether oxygens (including phenoxy) is 1. The number of amides is 1. The van der Waals surface area contributed by atoms with Gasteiger partial charge in [-0.1, -0.05) is 23.7 Å². The fraction of sp³-hybridized carbons (Fsp3) is 0.133. The summed E-state index contributed by atoms with van der Waals surface area (Å²) < 4.78 is 19.0. The van der Waals surface area contributed by atoms with Crippen molar-refractivity contribution in [1.82, 2.24) is 0 Å². The van der Waals surface area contributed by atoms with Crippen LogP contribution in [0.5, 0.6) is 5.75 Å². The molecule has 0 aliphatic rings. The number of halogens is 2. The van der Waals surface area contributed by atoms with Gasteiger partial charge in [0, 0.05) is 22.3 Å². The van der Waals surface area contributed by atoms with Crippen molar-refractivity contribution in [3.05, 3.63) is 58.9 Å². The molecule has 0 aliphatic heterocycles. The highest BCUT2D eigenvalue weighted by Gasteiger charge is 2.24. The van der Waals surface area contributed by atoms with E-state index in [0.29, 0.717) is 11.4 Å². The first-order chi connectivity index (χ1) is 10.0. The molecule has 0 spiro atoms. The molecule has 6 heteroatoms. The van der Waals surface area contributed by atoms with Gasteiger partial charge in [-0.2, -0.15) is 0 Å². The van der Waals surface area contributed by atoms with Gasteiger partial charge in [-0.05, 0) is 24.3 Å². The predicted octanol–water partition coefficient (Wildman–Crippen LogP) is 3.13. The van der Waals surface area contributed by atoms with Crippen molar-refractivity contribution in [2.45, 2.75) is 6.04 Å². The van der Waals surface area contributed by atoms with Crippen molar-refractivity contribution in [2.24, 2.45) is 5.73 Å². The molecule has 1 amide bonds. The van der Waals surface area contributed by atoms with Gasteiger partial charge in [-0.3, -0.25) is 4.79 Å². The van der Waals surface area contributed by atoms with Gasteiger partial charge in [0.05, 0.1) is 7.11 Å². The Morgan fingerprint density at radius 1 is 1.33 bits per heavy atom. The molecule has 0 heterocycles. The first kappa shape index (κ1) is 15.1. The minimum atomic E-state index is -1.08. The highest BCUT2D eigenvalue weighted by atomic mass is 35.5. The third-order valence-electron chi connectivity index (χ3n) is 2.95. The van der Waals surface area contributed by atoms with Crippen LogP contribution in [-0.2, 0) is 4.79 Å². The zero-order chi connectivity index (χ0) is 15.4. The average molecular weight is 309 g/mol. The number of nitrogens with two attached hydrogens (primary N) is 1. The standard InChI is InChI=1S/C15H14ClFN2O2/c1-21-10-5-2-4-9(8-10)19-14(15(18)20)13-11(16)6-3-7-12(13)17/h2-8,14,19H,1H3,(H2,18,20). The fourth-order valence-electron chi connectivity index (χ4n) is 1.95. The van der Waals surface area contributed by atoms with Crippen LogP contribution in [0.3, 0.4) is 0 Å². The molecule has 2 rings (SSSR count). The zero-order valence-electron chi connectivity index (χ0n) is 11.3. The van der Waals surface area contributed by atoms with Gasteiger partial charge >= 0.3 is 0 Å². The van der Waals surface area contributed by atoms with Crippen molar-refractivity contribution < 1.29 is 13.9 Å². The predicted molar refractivity (Wildman–Crippen MR) is 80.0 cm³/mol. The van der Waals surface area contributed by atoms with Crippen molar-refractivity contribution in [3.8, 4) is 5.75 Å². The number of methoxy groups -OCH3 is 1. The number of carbonyl (C=O) groups excluding carboxylic acids is 1. The second-order valence-electron chi connectivity index (χ2n) is 4.35. The van der Waals surface area contributed by atoms with E-state index in [9.17, 15) is 9.18 Å². The van der Waals surface area contributed by atoms with Gasteiger partial charge in [0.25, 0.3) is 0 Å². The lowest BCUT2D eigenvalue weighted by Crippen LogP contribution is -2.28. The Kier molecular flexibility index (Phi) is 4.65. The molecule has 0 bridgehead atoms. The van der Waals surface area contributed by atoms with Crippen LogP contribution in [0.2, 0.25) is 5.02 Å². The number of benzene rings is 2. The van der Waals surface area contributed by atoms with Gasteiger partial charge in [0.1, 0.15) is 17.6 Å². The van der Waals surface area contributed by atoms with Crippen LogP contribution in [0.4, 0.5) is 10.1 Å². The number of hydrogen-bond donors (Lipinski definition) is 2. The van der Waals surface area contributed by atoms with Gasteiger partial charge in [-0.25, -0.2) is 4.39 Å². The zero-order valence-corrected chi connectivity index (χ0v) is 12.0. The van der Waals surface area contributed by atoms with E-state index in [-0.39, 0.29) is 10.6 Å². The number of nitrogens with one attached hydrogen (secondary N) is 1. The molecule has 0 aromatic heterocycles. The molecule has 21 heavy (non-hydrogen) atoms. The minimum absolute atomic E-state index is 0.0227. The SMILES string of the molecule is COc1cccc(NC(C(N)=O)c2c(F)cccc2Cl)c1. The third-order valence-corrected chi connectivity index (χ3v) is 3.28. The largest absolute Gasteiger partial charge is 0.497 e. The molecular weight excluding hydrogens is 295 g/mol. The molecule has 3 N–H and O–H groups in total. The van der Waals surface area contributed by atoms with Crippen molar-refractivity contribution in [2.75, 3.05) is 12.4 Å². The van der Waals surface area contributed by atoms with Crippen LogP contribution in [0, 0.1) is 5.82 Å². The molecule has 1 atom stereocenters. The Hall–Kier alpha value is -2.27. The summed E-state index contributed by atoms with van der Waals surface area (Å²) in [7, 11) is 1.53. The van der Waals surface area contributed by atoms with Gasteiger partial charge in [-0.15, -0.1) is 0 Å². The summed E-state index contributed by atoms with van der Waals surface area (Å²) in [6.07, 6.45) is 0. The van der Waals surface area contributed by atoms with Crippen LogP contribution in [0.15, 0.2) is 42.5 Å². The first-order valence-corrected chi connectivity index (χ1v) is 6.54. The summed E-state index contributed by atoms with van der Waals surface area (Å²) in [5, 5.41) is 3.01. The van der Waals surface area contributed by atoms with E-state index < -0.39 is 17.8 Å². The van der Waals surface area contributed by atoms with Gasteiger partial charge in [0.2, 0.25) is 5.91 Å². The van der Waals surface area contributed by atoms with E-state index >= 15 is 0 Å². The van der Waals surface area contributed by atoms with Crippen LogP contribution in [0.25, 0.3) is 0 Å². The maximum Gasteiger partial charge on any atom is 0.244 e. The first-order valence-electron chi connectivity index (χ1n) is 6.16. The minimum Gasteiger partial charge on any atom is -0.497 e. The summed E-state index contributed by atoms with van der Waals surface area (Å²) in [6.45, 7) is 0. The van der Waals surface area contributed by atoms with Crippen LogP contribution >= 0.6 is 11.6 Å². The normalized spacial score (nSPS) is 11.8. The molecule has 2 aromatic carbocycles. The van der Waals surface area contributed by atoms with Gasteiger partial charge in [0.15, 0.2) is 0 Å². The highest BCUT2D eigenvalue weighted by molar-refractivity contribution is 6.31. The molecule has 1 unspecified atom stereocenters. The van der Waals surface area contributed by atoms with Crippen LogP contribution < -0.4 is 15.8 Å². The summed E-state index contributed by atoms with van der Waals surface area (Å²) in [5.41, 5.74) is 5.96. The van der Waals surface area contributed by atoms with Gasteiger partial charge < -0.3 is 15.8 Å².